The summed E-state index contributed by atoms with van der Waals surface area (Å²) in [6, 6.07) is 0. The topological polar surface area (TPSA) is 24.5 Å². The Morgan fingerprint density at radius 2 is 2.17 bits per heavy atom. The van der Waals surface area contributed by atoms with Crippen molar-refractivity contribution in [2.45, 2.75) is 20.0 Å². The maximum Gasteiger partial charge on any atom is 0.0670 e. The minimum atomic E-state index is 0.330. The van der Waals surface area contributed by atoms with Crippen LogP contribution in [-0.4, -0.2) is 51.3 Å². The Balaban J connectivity index is 3.26. The Bertz CT molecular complexity index is 98.5. The molecule has 0 saturated carbocycles. The lowest BCUT2D eigenvalue weighted by atomic mass is 10.3. The molecule has 0 radical (unpaired) electrons. The normalized spacial score (nSPS) is 13.8. The number of hydrogen-bond acceptors (Lipinski definition) is 3. The molecule has 0 aromatic heterocycles. The van der Waals surface area contributed by atoms with Gasteiger partial charge in [0.2, 0.25) is 0 Å². The first-order valence-corrected chi connectivity index (χ1v) is 4.62. The van der Waals surface area contributed by atoms with Crippen molar-refractivity contribution in [2.24, 2.45) is 0 Å². The van der Waals surface area contributed by atoms with Gasteiger partial charge < -0.3 is 15.0 Å². The van der Waals surface area contributed by atoms with Gasteiger partial charge in [-0.05, 0) is 20.5 Å². The Hall–Kier alpha value is -0.120. The highest BCUT2D eigenvalue weighted by atomic mass is 16.5. The van der Waals surface area contributed by atoms with E-state index in [1.54, 1.807) is 7.11 Å². The van der Waals surface area contributed by atoms with Crippen molar-refractivity contribution in [2.75, 3.05) is 40.3 Å². The van der Waals surface area contributed by atoms with E-state index in [1.165, 1.54) is 0 Å². The Morgan fingerprint density at radius 1 is 1.50 bits per heavy atom. The van der Waals surface area contributed by atoms with E-state index in [4.69, 9.17) is 4.74 Å². The maximum atomic E-state index is 5.17. The van der Waals surface area contributed by atoms with E-state index in [9.17, 15) is 0 Å². The monoisotopic (exact) mass is 174 g/mol. The van der Waals surface area contributed by atoms with Crippen LogP contribution in [0.25, 0.3) is 0 Å². The van der Waals surface area contributed by atoms with Gasteiger partial charge >= 0.3 is 0 Å². The van der Waals surface area contributed by atoms with E-state index >= 15 is 0 Å². The van der Waals surface area contributed by atoms with Gasteiger partial charge in [0.05, 0.1) is 6.10 Å². The molecule has 0 aromatic rings. The van der Waals surface area contributed by atoms with Crippen molar-refractivity contribution < 1.29 is 4.74 Å². The molecule has 0 aliphatic heterocycles. The molecule has 3 heteroatoms. The van der Waals surface area contributed by atoms with Gasteiger partial charge in [-0.15, -0.1) is 0 Å². The van der Waals surface area contributed by atoms with E-state index < -0.39 is 0 Å². The van der Waals surface area contributed by atoms with Gasteiger partial charge in [-0.1, -0.05) is 6.92 Å². The number of rotatable bonds is 7. The Labute approximate surface area is 76.1 Å². The summed E-state index contributed by atoms with van der Waals surface area (Å²) >= 11 is 0. The van der Waals surface area contributed by atoms with Gasteiger partial charge in [0.1, 0.15) is 0 Å². The zero-order valence-electron chi connectivity index (χ0n) is 8.76. The third-order valence-corrected chi connectivity index (χ3v) is 1.89. The summed E-state index contributed by atoms with van der Waals surface area (Å²) in [6.07, 6.45) is 0.330. The van der Waals surface area contributed by atoms with Crippen LogP contribution in [0, 0.1) is 0 Å². The van der Waals surface area contributed by atoms with Crippen molar-refractivity contribution in [1.82, 2.24) is 10.2 Å². The van der Waals surface area contributed by atoms with Gasteiger partial charge in [-0.3, -0.25) is 0 Å². The summed E-state index contributed by atoms with van der Waals surface area (Å²) in [5.74, 6) is 0. The van der Waals surface area contributed by atoms with E-state index in [-0.39, 0.29) is 0 Å². The van der Waals surface area contributed by atoms with E-state index in [1.807, 2.05) is 0 Å². The number of nitrogens with one attached hydrogen (secondary N) is 1. The number of methoxy groups -OCH3 is 1. The van der Waals surface area contributed by atoms with Crippen LogP contribution < -0.4 is 5.32 Å². The molecule has 0 fully saturated rings. The van der Waals surface area contributed by atoms with Crippen molar-refractivity contribution in [3.63, 3.8) is 0 Å². The fourth-order valence-corrected chi connectivity index (χ4v) is 1.05. The van der Waals surface area contributed by atoms with Crippen LogP contribution >= 0.6 is 0 Å². The summed E-state index contributed by atoms with van der Waals surface area (Å²) in [7, 11) is 3.87. The highest BCUT2D eigenvalue weighted by Gasteiger charge is 2.03. The predicted octanol–water partition coefficient (Wildman–Crippen LogP) is 0.563. The molecule has 0 spiro atoms. The lowest BCUT2D eigenvalue weighted by Crippen LogP contribution is -2.34. The van der Waals surface area contributed by atoms with Crippen molar-refractivity contribution >= 4 is 0 Å². The summed E-state index contributed by atoms with van der Waals surface area (Å²) in [6.45, 7) is 8.40. The molecule has 0 heterocycles. The van der Waals surface area contributed by atoms with E-state index in [0.29, 0.717) is 6.10 Å². The Morgan fingerprint density at radius 3 is 2.67 bits per heavy atom. The first kappa shape index (κ1) is 11.9. The number of hydrogen-bond donors (Lipinski definition) is 1. The maximum absolute atomic E-state index is 5.17. The van der Waals surface area contributed by atoms with Crippen LogP contribution in [0.3, 0.4) is 0 Å². The molecular formula is C9H22N2O. The van der Waals surface area contributed by atoms with Crippen LogP contribution in [0.5, 0.6) is 0 Å². The average Bonchev–Trinajstić information content (AvgIpc) is 2.05. The minimum Gasteiger partial charge on any atom is -0.380 e. The summed E-state index contributed by atoms with van der Waals surface area (Å²) in [5, 5.41) is 3.29. The fraction of sp³-hybridized carbons (Fsp3) is 1.00. The summed E-state index contributed by atoms with van der Waals surface area (Å²) in [4.78, 5) is 2.27. The molecule has 1 atom stereocenters. The minimum absolute atomic E-state index is 0.330. The molecular weight excluding hydrogens is 152 g/mol. The second kappa shape index (κ2) is 7.53. The molecule has 74 valence electrons. The smallest absolute Gasteiger partial charge is 0.0670 e. The SMILES string of the molecule is CCNCCN(C)CC(C)OC. The highest BCUT2D eigenvalue weighted by Crippen LogP contribution is 1.90. The van der Waals surface area contributed by atoms with Gasteiger partial charge in [0.25, 0.3) is 0 Å². The number of nitrogens with zero attached hydrogens (tertiary/aromatic N) is 1. The van der Waals surface area contributed by atoms with Crippen LogP contribution in [0.4, 0.5) is 0 Å². The second-order valence-electron chi connectivity index (χ2n) is 3.16. The zero-order chi connectivity index (χ0) is 9.40. The third-order valence-electron chi connectivity index (χ3n) is 1.89. The molecule has 0 bridgehead atoms. The molecule has 1 unspecified atom stereocenters. The largest absolute Gasteiger partial charge is 0.380 e. The Kier molecular flexibility index (Phi) is 7.45. The molecule has 0 saturated heterocycles. The standard InChI is InChI=1S/C9H22N2O/c1-5-10-6-7-11(3)8-9(2)12-4/h9-10H,5-8H2,1-4H3. The van der Waals surface area contributed by atoms with Crippen LogP contribution in [-0.2, 0) is 4.74 Å². The van der Waals surface area contributed by atoms with Crippen molar-refractivity contribution in [3.05, 3.63) is 0 Å². The van der Waals surface area contributed by atoms with Gasteiger partial charge in [0, 0.05) is 26.7 Å². The number of likely N-dealkylation sites (N-methyl/N-ethyl adjacent to an activating group) is 2. The van der Waals surface area contributed by atoms with Crippen LogP contribution in [0.15, 0.2) is 0 Å². The van der Waals surface area contributed by atoms with E-state index in [2.05, 4.69) is 31.1 Å². The molecule has 0 aliphatic rings. The first-order valence-electron chi connectivity index (χ1n) is 4.62. The zero-order valence-corrected chi connectivity index (χ0v) is 8.76. The molecule has 1 N–H and O–H groups in total. The molecule has 0 aliphatic carbocycles. The molecule has 12 heavy (non-hydrogen) atoms. The lowest BCUT2D eigenvalue weighted by molar-refractivity contribution is 0.0861. The van der Waals surface area contributed by atoms with Gasteiger partial charge in [-0.25, -0.2) is 0 Å². The molecule has 3 nitrogen and oxygen atoms in total. The van der Waals surface area contributed by atoms with Crippen molar-refractivity contribution in [1.29, 1.82) is 0 Å². The quantitative estimate of drug-likeness (QED) is 0.571. The van der Waals surface area contributed by atoms with Crippen molar-refractivity contribution in [3.8, 4) is 0 Å². The van der Waals surface area contributed by atoms with Gasteiger partial charge in [0.15, 0.2) is 0 Å². The molecule has 0 aromatic carbocycles. The third kappa shape index (κ3) is 6.58. The predicted molar refractivity (Wildman–Crippen MR) is 52.5 cm³/mol. The van der Waals surface area contributed by atoms with Gasteiger partial charge in [-0.2, -0.15) is 0 Å². The van der Waals surface area contributed by atoms with E-state index in [0.717, 1.165) is 26.2 Å². The van der Waals surface area contributed by atoms with Crippen LogP contribution in [0.1, 0.15) is 13.8 Å². The fourth-order valence-electron chi connectivity index (χ4n) is 1.05. The number of ether oxygens (including phenoxy) is 1. The summed E-state index contributed by atoms with van der Waals surface area (Å²) < 4.78 is 5.17. The summed E-state index contributed by atoms with van der Waals surface area (Å²) in [5.41, 5.74) is 0. The lowest BCUT2D eigenvalue weighted by Gasteiger charge is -2.20. The second-order valence-corrected chi connectivity index (χ2v) is 3.16. The molecule has 0 rings (SSSR count). The average molecular weight is 174 g/mol. The molecule has 0 amide bonds. The highest BCUT2D eigenvalue weighted by molar-refractivity contribution is 4.58. The van der Waals surface area contributed by atoms with Crippen LogP contribution in [0.2, 0.25) is 0 Å². The first-order chi connectivity index (χ1) is 5.70.